The first kappa shape index (κ1) is 29.3. The molecule has 2 aromatic carbocycles. The average molecular weight is 500 g/mol. The van der Waals surface area contributed by atoms with E-state index in [0.29, 0.717) is 24.5 Å². The molecule has 2 amide bonds. The van der Waals surface area contributed by atoms with Crippen LogP contribution >= 0.6 is 0 Å². The van der Waals surface area contributed by atoms with Gasteiger partial charge in [0.1, 0.15) is 11.6 Å². The van der Waals surface area contributed by atoms with Crippen LogP contribution in [0.5, 0.6) is 0 Å². The Morgan fingerprint density at radius 2 is 1.69 bits per heavy atom. The third-order valence-electron chi connectivity index (χ3n) is 5.29. The van der Waals surface area contributed by atoms with E-state index < -0.39 is 29.3 Å². The van der Waals surface area contributed by atoms with Crippen molar-refractivity contribution in [2.24, 2.45) is 11.7 Å². The summed E-state index contributed by atoms with van der Waals surface area (Å²) >= 11 is 0. The Kier molecular flexibility index (Phi) is 11.6. The molecular formula is C24H25F5N2O4. The molecule has 1 saturated carbocycles. The van der Waals surface area contributed by atoms with Crippen LogP contribution in [0.4, 0.5) is 27.6 Å². The van der Waals surface area contributed by atoms with E-state index in [4.69, 9.17) is 14.7 Å². The number of carbonyl (C=O) groups is 3. The molecule has 0 saturated heterocycles. The molecule has 0 bridgehead atoms. The Morgan fingerprint density at radius 1 is 1.11 bits per heavy atom. The van der Waals surface area contributed by atoms with E-state index in [1.807, 2.05) is 0 Å². The van der Waals surface area contributed by atoms with Crippen molar-refractivity contribution in [3.05, 3.63) is 71.6 Å². The zero-order valence-electron chi connectivity index (χ0n) is 18.5. The molecule has 0 aliphatic heterocycles. The van der Waals surface area contributed by atoms with Crippen LogP contribution in [0.3, 0.4) is 0 Å². The maximum atomic E-state index is 14.0. The minimum absolute atomic E-state index is 0.0962. The molecule has 4 N–H and O–H groups in total. The first-order valence-electron chi connectivity index (χ1n) is 10.3. The van der Waals surface area contributed by atoms with Gasteiger partial charge in [-0.05, 0) is 48.9 Å². The van der Waals surface area contributed by atoms with Crippen LogP contribution in [0.2, 0.25) is 0 Å². The van der Waals surface area contributed by atoms with Crippen LogP contribution in [0, 0.1) is 11.7 Å². The molecule has 11 heteroatoms. The molecule has 6 nitrogen and oxygen atoms in total. The lowest BCUT2D eigenvalue weighted by atomic mass is 9.77. The Morgan fingerprint density at radius 3 is 2.17 bits per heavy atom. The highest BCUT2D eigenvalue weighted by Gasteiger charge is 2.32. The number of anilines is 1. The molecule has 1 aliphatic rings. The zero-order chi connectivity index (χ0) is 26.6. The van der Waals surface area contributed by atoms with Gasteiger partial charge in [0.2, 0.25) is 12.3 Å². The van der Waals surface area contributed by atoms with Gasteiger partial charge in [-0.25, -0.2) is 8.78 Å². The van der Waals surface area contributed by atoms with Gasteiger partial charge >= 0.3 is 6.18 Å². The molecule has 0 aromatic heterocycles. The number of rotatable bonds is 4. The van der Waals surface area contributed by atoms with Crippen LogP contribution in [-0.2, 0) is 20.6 Å². The molecule has 2 unspecified atom stereocenters. The van der Waals surface area contributed by atoms with Crippen molar-refractivity contribution in [1.82, 2.24) is 0 Å². The second-order valence-corrected chi connectivity index (χ2v) is 7.51. The fraction of sp³-hybridized carbons (Fsp3) is 0.292. The summed E-state index contributed by atoms with van der Waals surface area (Å²) < 4.78 is 65.1. The number of benzene rings is 2. The summed E-state index contributed by atoms with van der Waals surface area (Å²) in [4.78, 5) is 29.5. The second kappa shape index (κ2) is 13.8. The van der Waals surface area contributed by atoms with E-state index in [0.717, 1.165) is 30.5 Å². The minimum Gasteiger partial charge on any atom is -0.483 e. The largest absolute Gasteiger partial charge is 0.483 e. The molecule has 2 atom stereocenters. The van der Waals surface area contributed by atoms with Gasteiger partial charge in [0, 0.05) is 11.5 Å². The molecule has 1 aliphatic carbocycles. The van der Waals surface area contributed by atoms with E-state index in [2.05, 4.69) is 17.6 Å². The molecule has 0 spiro atoms. The van der Waals surface area contributed by atoms with Crippen LogP contribution in [0.1, 0.15) is 48.3 Å². The maximum Gasteiger partial charge on any atom is 0.416 e. The average Bonchev–Trinajstić information content (AvgIpc) is 2.81. The van der Waals surface area contributed by atoms with Crippen LogP contribution in [0.25, 0.3) is 5.83 Å². The summed E-state index contributed by atoms with van der Waals surface area (Å²) in [6, 6.07) is 8.93. The number of nitrogens with two attached hydrogens (primary N) is 1. The van der Waals surface area contributed by atoms with Crippen molar-refractivity contribution in [2.75, 3.05) is 5.32 Å². The highest BCUT2D eigenvalue weighted by molar-refractivity contribution is 5.92. The summed E-state index contributed by atoms with van der Waals surface area (Å²) in [5.41, 5.74) is 4.17. The van der Waals surface area contributed by atoms with Gasteiger partial charge in [0.15, 0.2) is 0 Å². The van der Waals surface area contributed by atoms with Crippen molar-refractivity contribution in [1.29, 1.82) is 0 Å². The number of carbonyl (C=O) groups excluding carboxylic acids is 2. The summed E-state index contributed by atoms with van der Waals surface area (Å²) in [5, 5.41) is 9.30. The van der Waals surface area contributed by atoms with Crippen molar-refractivity contribution in [2.45, 2.75) is 37.8 Å². The van der Waals surface area contributed by atoms with E-state index in [9.17, 15) is 26.7 Å². The van der Waals surface area contributed by atoms with Gasteiger partial charge in [-0.1, -0.05) is 37.3 Å². The van der Waals surface area contributed by atoms with Crippen LogP contribution < -0.4 is 11.1 Å². The lowest BCUT2D eigenvalue weighted by molar-refractivity contribution is -0.137. The molecule has 0 heterocycles. The van der Waals surface area contributed by atoms with Gasteiger partial charge in [-0.15, -0.1) is 0 Å². The van der Waals surface area contributed by atoms with Gasteiger partial charge in [0.25, 0.3) is 6.47 Å². The van der Waals surface area contributed by atoms with Gasteiger partial charge < -0.3 is 16.2 Å². The number of nitrogens with one attached hydrogen (secondary N) is 1. The molecule has 190 valence electrons. The summed E-state index contributed by atoms with van der Waals surface area (Å²) in [5.74, 6) is -2.34. The van der Waals surface area contributed by atoms with Crippen LogP contribution in [0.15, 0.2) is 49.0 Å². The Hall–Kier alpha value is -3.76. The lowest BCUT2D eigenvalue weighted by Gasteiger charge is -2.29. The topological polar surface area (TPSA) is 109 Å². The smallest absolute Gasteiger partial charge is 0.416 e. The van der Waals surface area contributed by atoms with E-state index >= 15 is 0 Å². The molecule has 0 radical (unpaired) electrons. The molecule has 3 rings (SSSR count). The van der Waals surface area contributed by atoms with Crippen LogP contribution in [-0.4, -0.2) is 23.9 Å². The third kappa shape index (κ3) is 9.19. The predicted molar refractivity (Wildman–Crippen MR) is 120 cm³/mol. The predicted octanol–water partition coefficient (Wildman–Crippen LogP) is 5.50. The normalized spacial score (nSPS) is 16.9. The first-order valence-corrected chi connectivity index (χ1v) is 10.3. The Balaban J connectivity index is 0.000000926. The molecular weight excluding hydrogens is 475 g/mol. The van der Waals surface area contributed by atoms with E-state index in [1.54, 1.807) is 24.3 Å². The fourth-order valence-electron chi connectivity index (χ4n) is 3.69. The molecule has 2 aromatic rings. The zero-order valence-corrected chi connectivity index (χ0v) is 18.5. The number of amides is 2. The monoisotopic (exact) mass is 500 g/mol. The standard InChI is InChI=1S/C22H20F5NO.CH3NO.CH2O2/c1-13(23)14-5-7-15(8-6-14)16-3-2-4-17(11-16)21(29)28-20-10-9-18(12-19(20)24)22(25,26)27;2*2-1-3/h5-10,12,16-17H,1-4,11H2,(H,28,29);1H,(H2,2,3);1H,(H,2,3). The molecule has 1 fully saturated rings. The summed E-state index contributed by atoms with van der Waals surface area (Å²) in [6.45, 7) is 3.01. The minimum atomic E-state index is -4.65. The number of hydrogen-bond acceptors (Lipinski definition) is 3. The quantitative estimate of drug-likeness (QED) is 0.380. The van der Waals surface area contributed by atoms with Crippen molar-refractivity contribution in [3.63, 3.8) is 0 Å². The van der Waals surface area contributed by atoms with Crippen molar-refractivity contribution in [3.8, 4) is 0 Å². The number of hydrogen-bond donors (Lipinski definition) is 3. The SMILES string of the molecule is C=C(F)c1ccc(C2CCCC(C(=O)Nc3ccc(C(F)(F)F)cc3F)C2)cc1.NC=O.O=CO. The first-order chi connectivity index (χ1) is 16.5. The number of carboxylic acid groups (broad SMARTS) is 1. The fourth-order valence-corrected chi connectivity index (χ4v) is 3.69. The maximum absolute atomic E-state index is 14.0. The number of alkyl halides is 3. The van der Waals surface area contributed by atoms with Gasteiger partial charge in [-0.3, -0.25) is 14.4 Å². The number of halogens is 5. The van der Waals surface area contributed by atoms with Crippen molar-refractivity contribution >= 4 is 30.3 Å². The molecule has 35 heavy (non-hydrogen) atoms. The highest BCUT2D eigenvalue weighted by Crippen LogP contribution is 2.37. The second-order valence-electron chi connectivity index (χ2n) is 7.51. The lowest BCUT2D eigenvalue weighted by Crippen LogP contribution is -2.28. The van der Waals surface area contributed by atoms with E-state index in [1.165, 1.54) is 0 Å². The number of primary amides is 1. The summed E-state index contributed by atoms with van der Waals surface area (Å²) in [6.07, 6.45) is -1.60. The highest BCUT2D eigenvalue weighted by atomic mass is 19.4. The van der Waals surface area contributed by atoms with Crippen molar-refractivity contribution < 1.29 is 41.4 Å². The van der Waals surface area contributed by atoms with Gasteiger partial charge in [-0.2, -0.15) is 13.2 Å². The van der Waals surface area contributed by atoms with Gasteiger partial charge in [0.05, 0.1) is 11.3 Å². The Bertz CT molecular complexity index is 1000. The third-order valence-corrected chi connectivity index (χ3v) is 5.29. The summed E-state index contributed by atoms with van der Waals surface area (Å²) in [7, 11) is 0. The Labute approximate surface area is 198 Å². The van der Waals surface area contributed by atoms with E-state index in [-0.39, 0.29) is 30.4 Å².